The highest BCUT2D eigenvalue weighted by Crippen LogP contribution is 2.01. The molecular formula is C12H16O2. The molecule has 1 aromatic carbocycles. The molecule has 0 bridgehead atoms. The first-order valence-corrected chi connectivity index (χ1v) is 4.75. The molecule has 1 aromatic rings. The minimum Gasteiger partial charge on any atom is -0.387 e. The summed E-state index contributed by atoms with van der Waals surface area (Å²) in [6.45, 7) is 2.77. The summed E-state index contributed by atoms with van der Waals surface area (Å²) in [5.74, 6) is 0. The number of benzene rings is 1. The van der Waals surface area contributed by atoms with Gasteiger partial charge in [0.1, 0.15) is 0 Å². The van der Waals surface area contributed by atoms with Crippen molar-refractivity contribution in [1.82, 2.24) is 0 Å². The zero-order chi connectivity index (χ0) is 10.2. The highest BCUT2D eigenvalue weighted by molar-refractivity contribution is 5.13. The van der Waals surface area contributed by atoms with E-state index in [0.717, 1.165) is 5.56 Å². The Morgan fingerprint density at radius 2 is 2.07 bits per heavy atom. The second-order valence-electron chi connectivity index (χ2n) is 3.09. The molecule has 0 amide bonds. The highest BCUT2D eigenvalue weighted by Gasteiger charge is 1.98. The average molecular weight is 192 g/mol. The Hall–Kier alpha value is -1.12. The number of allylic oxidation sites excluding steroid dienone is 1. The van der Waals surface area contributed by atoms with Crippen molar-refractivity contribution >= 4 is 0 Å². The number of hydrogen-bond acceptors (Lipinski definition) is 2. The fourth-order valence-corrected chi connectivity index (χ4v) is 1.15. The SMILES string of the molecule is C/C=C/[C@@H](O)COCc1ccccc1. The number of ether oxygens (including phenoxy) is 1. The van der Waals surface area contributed by atoms with Crippen molar-refractivity contribution in [2.45, 2.75) is 19.6 Å². The number of rotatable bonds is 5. The molecule has 1 rings (SSSR count). The molecule has 0 heterocycles. The quantitative estimate of drug-likeness (QED) is 0.724. The maximum atomic E-state index is 9.32. The summed E-state index contributed by atoms with van der Waals surface area (Å²) in [5.41, 5.74) is 1.13. The van der Waals surface area contributed by atoms with E-state index in [2.05, 4.69) is 0 Å². The van der Waals surface area contributed by atoms with Crippen LogP contribution in [0.2, 0.25) is 0 Å². The van der Waals surface area contributed by atoms with Gasteiger partial charge in [0.15, 0.2) is 0 Å². The molecule has 0 radical (unpaired) electrons. The van der Waals surface area contributed by atoms with Gasteiger partial charge in [0, 0.05) is 0 Å². The van der Waals surface area contributed by atoms with Crippen molar-refractivity contribution in [3.05, 3.63) is 48.0 Å². The van der Waals surface area contributed by atoms with Gasteiger partial charge in [-0.25, -0.2) is 0 Å². The molecule has 76 valence electrons. The number of aliphatic hydroxyl groups is 1. The van der Waals surface area contributed by atoms with Crippen molar-refractivity contribution in [3.8, 4) is 0 Å². The summed E-state index contributed by atoms with van der Waals surface area (Å²) in [6.07, 6.45) is 3.03. The maximum absolute atomic E-state index is 9.32. The van der Waals surface area contributed by atoms with Crippen molar-refractivity contribution < 1.29 is 9.84 Å². The first-order chi connectivity index (χ1) is 6.83. The fraction of sp³-hybridized carbons (Fsp3) is 0.333. The largest absolute Gasteiger partial charge is 0.387 e. The summed E-state index contributed by atoms with van der Waals surface area (Å²) >= 11 is 0. The molecule has 2 heteroatoms. The Morgan fingerprint density at radius 1 is 1.36 bits per heavy atom. The Balaban J connectivity index is 2.22. The van der Waals surface area contributed by atoms with E-state index in [-0.39, 0.29) is 0 Å². The number of aliphatic hydroxyl groups excluding tert-OH is 1. The van der Waals surface area contributed by atoms with Crippen LogP contribution in [-0.4, -0.2) is 17.8 Å². The van der Waals surface area contributed by atoms with Crippen LogP contribution in [-0.2, 0) is 11.3 Å². The van der Waals surface area contributed by atoms with Gasteiger partial charge in [0.05, 0.1) is 19.3 Å². The van der Waals surface area contributed by atoms with E-state index in [4.69, 9.17) is 4.74 Å². The molecule has 0 aromatic heterocycles. The lowest BCUT2D eigenvalue weighted by Gasteiger charge is -2.06. The lowest BCUT2D eigenvalue weighted by molar-refractivity contribution is 0.0503. The van der Waals surface area contributed by atoms with Gasteiger partial charge in [0.2, 0.25) is 0 Å². The lowest BCUT2D eigenvalue weighted by atomic mass is 10.2. The molecule has 0 aliphatic rings. The summed E-state index contributed by atoms with van der Waals surface area (Å²) in [5, 5.41) is 9.32. The molecule has 1 atom stereocenters. The molecule has 0 saturated carbocycles. The van der Waals surface area contributed by atoms with Crippen LogP contribution in [0.3, 0.4) is 0 Å². The van der Waals surface area contributed by atoms with Crippen LogP contribution in [0.15, 0.2) is 42.5 Å². The van der Waals surface area contributed by atoms with Crippen molar-refractivity contribution in [2.24, 2.45) is 0 Å². The first-order valence-electron chi connectivity index (χ1n) is 4.75. The molecule has 2 nitrogen and oxygen atoms in total. The Kier molecular flexibility index (Phi) is 4.97. The van der Waals surface area contributed by atoms with Crippen LogP contribution in [0.1, 0.15) is 12.5 Å². The minimum absolute atomic E-state index is 0.346. The third-order valence-electron chi connectivity index (χ3n) is 1.81. The van der Waals surface area contributed by atoms with E-state index in [1.165, 1.54) is 0 Å². The van der Waals surface area contributed by atoms with Gasteiger partial charge in [-0.1, -0.05) is 42.5 Å². The minimum atomic E-state index is -0.497. The topological polar surface area (TPSA) is 29.5 Å². The van der Waals surface area contributed by atoms with Crippen LogP contribution in [0.25, 0.3) is 0 Å². The van der Waals surface area contributed by atoms with Crippen LogP contribution in [0.5, 0.6) is 0 Å². The van der Waals surface area contributed by atoms with Gasteiger partial charge in [-0.15, -0.1) is 0 Å². The van der Waals surface area contributed by atoms with E-state index in [1.54, 1.807) is 6.08 Å². The standard InChI is InChI=1S/C12H16O2/c1-2-6-12(13)10-14-9-11-7-4-3-5-8-11/h2-8,12-13H,9-10H2,1H3/b6-2+/t12-/m1/s1. The van der Waals surface area contributed by atoms with Crippen LogP contribution in [0.4, 0.5) is 0 Å². The van der Waals surface area contributed by atoms with Gasteiger partial charge in [-0.2, -0.15) is 0 Å². The van der Waals surface area contributed by atoms with Gasteiger partial charge >= 0.3 is 0 Å². The summed E-state index contributed by atoms with van der Waals surface area (Å²) < 4.78 is 5.33. The van der Waals surface area contributed by atoms with Crippen molar-refractivity contribution in [3.63, 3.8) is 0 Å². The molecule has 0 spiro atoms. The molecule has 0 fully saturated rings. The van der Waals surface area contributed by atoms with Crippen molar-refractivity contribution in [1.29, 1.82) is 0 Å². The highest BCUT2D eigenvalue weighted by atomic mass is 16.5. The molecule has 14 heavy (non-hydrogen) atoms. The lowest BCUT2D eigenvalue weighted by Crippen LogP contribution is -2.11. The predicted octanol–water partition coefficient (Wildman–Crippen LogP) is 2.14. The zero-order valence-corrected chi connectivity index (χ0v) is 8.39. The molecular weight excluding hydrogens is 176 g/mol. The van der Waals surface area contributed by atoms with Gasteiger partial charge in [-0.05, 0) is 12.5 Å². The molecule has 0 unspecified atom stereocenters. The van der Waals surface area contributed by atoms with Crippen LogP contribution in [0, 0.1) is 0 Å². The molecule has 0 aliphatic heterocycles. The van der Waals surface area contributed by atoms with Gasteiger partial charge in [0.25, 0.3) is 0 Å². The summed E-state index contributed by atoms with van der Waals surface area (Å²) in [6, 6.07) is 9.92. The Labute approximate surface area is 84.8 Å². The monoisotopic (exact) mass is 192 g/mol. The zero-order valence-electron chi connectivity index (χ0n) is 8.39. The van der Waals surface area contributed by atoms with Gasteiger partial charge in [-0.3, -0.25) is 0 Å². The average Bonchev–Trinajstić information content (AvgIpc) is 2.20. The normalized spacial score (nSPS) is 13.3. The van der Waals surface area contributed by atoms with Crippen molar-refractivity contribution in [2.75, 3.05) is 6.61 Å². The molecule has 0 saturated heterocycles. The third-order valence-corrected chi connectivity index (χ3v) is 1.81. The van der Waals surface area contributed by atoms with Gasteiger partial charge < -0.3 is 9.84 Å². The second-order valence-corrected chi connectivity index (χ2v) is 3.09. The second kappa shape index (κ2) is 6.35. The first kappa shape index (κ1) is 11.0. The summed E-state index contributed by atoms with van der Waals surface area (Å²) in [4.78, 5) is 0. The van der Waals surface area contributed by atoms with E-state index in [9.17, 15) is 5.11 Å². The van der Waals surface area contributed by atoms with E-state index in [0.29, 0.717) is 13.2 Å². The fourth-order valence-electron chi connectivity index (χ4n) is 1.15. The van der Waals surface area contributed by atoms with E-state index >= 15 is 0 Å². The molecule has 1 N–H and O–H groups in total. The van der Waals surface area contributed by atoms with E-state index < -0.39 is 6.10 Å². The molecule has 0 aliphatic carbocycles. The smallest absolute Gasteiger partial charge is 0.0954 e. The Morgan fingerprint density at radius 3 is 2.71 bits per heavy atom. The Bertz CT molecular complexity index is 267. The number of hydrogen-bond donors (Lipinski definition) is 1. The van der Waals surface area contributed by atoms with E-state index in [1.807, 2.05) is 43.3 Å². The maximum Gasteiger partial charge on any atom is 0.0954 e. The summed E-state index contributed by atoms with van der Waals surface area (Å²) in [7, 11) is 0. The van der Waals surface area contributed by atoms with Crippen LogP contribution < -0.4 is 0 Å². The predicted molar refractivity (Wildman–Crippen MR) is 56.9 cm³/mol. The van der Waals surface area contributed by atoms with Crippen LogP contribution >= 0.6 is 0 Å². The third kappa shape index (κ3) is 4.21.